The number of para-hydroxylation sites is 2. The van der Waals surface area contributed by atoms with Gasteiger partial charge in [0.15, 0.2) is 0 Å². The molecule has 1 aromatic heterocycles. The monoisotopic (exact) mass is 356 g/mol. The van der Waals surface area contributed by atoms with Crippen molar-refractivity contribution in [3.8, 4) is 17.1 Å². The highest BCUT2D eigenvalue weighted by molar-refractivity contribution is 5.80. The molecule has 0 fully saturated rings. The Labute approximate surface area is 160 Å². The lowest BCUT2D eigenvalue weighted by atomic mass is 10.1. The minimum Gasteiger partial charge on any atom is -0.492 e. The number of imidazole rings is 1. The van der Waals surface area contributed by atoms with Gasteiger partial charge in [-0.3, -0.25) is 0 Å². The summed E-state index contributed by atoms with van der Waals surface area (Å²) in [7, 11) is 0. The van der Waals surface area contributed by atoms with Crippen LogP contribution in [0.3, 0.4) is 0 Å². The fourth-order valence-electron chi connectivity index (χ4n) is 3.28. The number of rotatable bonds is 5. The van der Waals surface area contributed by atoms with E-state index in [0.717, 1.165) is 34.7 Å². The van der Waals surface area contributed by atoms with E-state index in [1.807, 2.05) is 12.1 Å². The van der Waals surface area contributed by atoms with Crippen molar-refractivity contribution in [1.82, 2.24) is 9.55 Å². The smallest absolute Gasteiger partial charge is 0.141 e. The number of benzene rings is 3. The molecule has 1 heterocycles. The van der Waals surface area contributed by atoms with E-state index in [9.17, 15) is 0 Å². The van der Waals surface area contributed by atoms with Crippen LogP contribution in [-0.4, -0.2) is 16.2 Å². The van der Waals surface area contributed by atoms with Crippen LogP contribution in [0.5, 0.6) is 5.75 Å². The summed E-state index contributed by atoms with van der Waals surface area (Å²) < 4.78 is 8.28. The lowest BCUT2D eigenvalue weighted by Gasteiger charge is -2.12. The van der Waals surface area contributed by atoms with Gasteiger partial charge >= 0.3 is 0 Å². The third-order valence-electron chi connectivity index (χ3n) is 5.03. The molecule has 0 spiro atoms. The van der Waals surface area contributed by atoms with Gasteiger partial charge < -0.3 is 9.30 Å². The highest BCUT2D eigenvalue weighted by atomic mass is 16.5. The first-order chi connectivity index (χ1) is 13.1. The SMILES string of the molecule is Cc1ccc(-c2nc3ccccc3n2CCOc2ccc(C)c(C)c2)cc1. The van der Waals surface area contributed by atoms with Crippen molar-refractivity contribution >= 4 is 11.0 Å². The molecule has 136 valence electrons. The van der Waals surface area contributed by atoms with Crippen molar-refractivity contribution in [2.45, 2.75) is 27.3 Å². The fourth-order valence-corrected chi connectivity index (χ4v) is 3.28. The van der Waals surface area contributed by atoms with Crippen LogP contribution < -0.4 is 4.74 Å². The van der Waals surface area contributed by atoms with Crippen LogP contribution in [0.25, 0.3) is 22.4 Å². The molecule has 0 N–H and O–H groups in total. The van der Waals surface area contributed by atoms with Gasteiger partial charge in [-0.15, -0.1) is 0 Å². The average Bonchev–Trinajstić information content (AvgIpc) is 3.04. The molecule has 0 saturated heterocycles. The Morgan fingerprint density at radius 3 is 2.41 bits per heavy atom. The topological polar surface area (TPSA) is 27.1 Å². The second-order valence-corrected chi connectivity index (χ2v) is 7.04. The molecule has 27 heavy (non-hydrogen) atoms. The number of hydrogen-bond donors (Lipinski definition) is 0. The van der Waals surface area contributed by atoms with Gasteiger partial charge in [0, 0.05) is 5.56 Å². The second-order valence-electron chi connectivity index (χ2n) is 7.04. The lowest BCUT2D eigenvalue weighted by Crippen LogP contribution is -2.09. The minimum absolute atomic E-state index is 0.599. The molecule has 4 aromatic rings. The zero-order valence-corrected chi connectivity index (χ0v) is 16.1. The molecule has 0 bridgehead atoms. The van der Waals surface area contributed by atoms with Gasteiger partial charge in [0.2, 0.25) is 0 Å². The van der Waals surface area contributed by atoms with Crippen LogP contribution in [-0.2, 0) is 6.54 Å². The van der Waals surface area contributed by atoms with Crippen molar-refractivity contribution in [2.75, 3.05) is 6.61 Å². The molecule has 3 aromatic carbocycles. The molecular weight excluding hydrogens is 332 g/mol. The minimum atomic E-state index is 0.599. The van der Waals surface area contributed by atoms with Gasteiger partial charge in [-0.2, -0.15) is 0 Å². The van der Waals surface area contributed by atoms with E-state index in [1.165, 1.54) is 16.7 Å². The van der Waals surface area contributed by atoms with Crippen LogP contribution in [0.4, 0.5) is 0 Å². The Kier molecular flexibility index (Phi) is 4.68. The summed E-state index contributed by atoms with van der Waals surface area (Å²) in [4.78, 5) is 4.87. The van der Waals surface area contributed by atoms with Crippen molar-refractivity contribution in [1.29, 1.82) is 0 Å². The van der Waals surface area contributed by atoms with Gasteiger partial charge in [-0.1, -0.05) is 48.0 Å². The van der Waals surface area contributed by atoms with Crippen LogP contribution >= 0.6 is 0 Å². The Hall–Kier alpha value is -3.07. The van der Waals surface area contributed by atoms with Gasteiger partial charge in [-0.25, -0.2) is 4.98 Å². The van der Waals surface area contributed by atoms with E-state index in [-0.39, 0.29) is 0 Å². The molecule has 0 radical (unpaired) electrons. The molecule has 3 nitrogen and oxygen atoms in total. The summed E-state index contributed by atoms with van der Waals surface area (Å²) in [6, 6.07) is 23.0. The van der Waals surface area contributed by atoms with E-state index >= 15 is 0 Å². The molecule has 0 aliphatic carbocycles. The normalized spacial score (nSPS) is 11.1. The molecule has 0 aliphatic heterocycles. The van der Waals surface area contributed by atoms with Gasteiger partial charge in [0.25, 0.3) is 0 Å². The van der Waals surface area contributed by atoms with E-state index in [2.05, 4.69) is 79.9 Å². The molecule has 3 heteroatoms. The standard InChI is InChI=1S/C24H24N2O/c1-17-8-11-20(12-9-17)24-25-22-6-4-5-7-23(22)26(24)14-15-27-21-13-10-18(2)19(3)16-21/h4-13,16H,14-15H2,1-3H3. The second kappa shape index (κ2) is 7.28. The van der Waals surface area contributed by atoms with Crippen LogP contribution in [0.15, 0.2) is 66.7 Å². The number of nitrogens with zero attached hydrogens (tertiary/aromatic N) is 2. The zero-order chi connectivity index (χ0) is 18.8. The summed E-state index contributed by atoms with van der Waals surface area (Å²) in [6.07, 6.45) is 0. The quantitative estimate of drug-likeness (QED) is 0.458. The molecular formula is C24H24N2O. The maximum atomic E-state index is 6.03. The van der Waals surface area contributed by atoms with E-state index in [4.69, 9.17) is 9.72 Å². The van der Waals surface area contributed by atoms with Crippen LogP contribution in [0, 0.1) is 20.8 Å². The highest BCUT2D eigenvalue weighted by Gasteiger charge is 2.12. The summed E-state index contributed by atoms with van der Waals surface area (Å²) >= 11 is 0. The van der Waals surface area contributed by atoms with Crippen molar-refractivity contribution < 1.29 is 4.74 Å². The maximum absolute atomic E-state index is 6.03. The molecule has 4 rings (SSSR count). The molecule has 0 amide bonds. The summed E-state index contributed by atoms with van der Waals surface area (Å²) in [5.41, 5.74) is 7.06. The van der Waals surface area contributed by atoms with Gasteiger partial charge in [0.1, 0.15) is 18.2 Å². The Morgan fingerprint density at radius 1 is 0.852 bits per heavy atom. The van der Waals surface area contributed by atoms with Crippen LogP contribution in [0.2, 0.25) is 0 Å². The predicted octanol–water partition coefficient (Wildman–Crippen LogP) is 5.71. The predicted molar refractivity (Wildman–Crippen MR) is 111 cm³/mol. The molecule has 0 saturated carbocycles. The first-order valence-electron chi connectivity index (χ1n) is 9.34. The third kappa shape index (κ3) is 3.59. The molecule has 0 unspecified atom stereocenters. The first kappa shape index (κ1) is 17.3. The van der Waals surface area contributed by atoms with Crippen molar-refractivity contribution in [3.63, 3.8) is 0 Å². The van der Waals surface area contributed by atoms with Gasteiger partial charge in [-0.05, 0) is 56.2 Å². The number of aryl methyl sites for hydroxylation is 3. The Balaban J connectivity index is 1.62. The Bertz CT molecular complexity index is 1080. The van der Waals surface area contributed by atoms with E-state index in [0.29, 0.717) is 6.61 Å². The molecule has 0 aliphatic rings. The van der Waals surface area contributed by atoms with E-state index < -0.39 is 0 Å². The van der Waals surface area contributed by atoms with Crippen molar-refractivity contribution in [2.24, 2.45) is 0 Å². The highest BCUT2D eigenvalue weighted by Crippen LogP contribution is 2.25. The Morgan fingerprint density at radius 2 is 1.63 bits per heavy atom. The van der Waals surface area contributed by atoms with Crippen molar-refractivity contribution in [3.05, 3.63) is 83.4 Å². The molecule has 0 atom stereocenters. The summed E-state index contributed by atoms with van der Waals surface area (Å²) in [6.45, 7) is 7.67. The number of ether oxygens (including phenoxy) is 1. The van der Waals surface area contributed by atoms with E-state index in [1.54, 1.807) is 0 Å². The van der Waals surface area contributed by atoms with Gasteiger partial charge in [0.05, 0.1) is 17.6 Å². The van der Waals surface area contributed by atoms with Crippen LogP contribution in [0.1, 0.15) is 16.7 Å². The largest absolute Gasteiger partial charge is 0.492 e. The third-order valence-corrected chi connectivity index (χ3v) is 5.03. The first-order valence-corrected chi connectivity index (χ1v) is 9.34. The summed E-state index contributed by atoms with van der Waals surface area (Å²) in [5, 5.41) is 0. The fraction of sp³-hybridized carbons (Fsp3) is 0.208. The number of aromatic nitrogens is 2. The maximum Gasteiger partial charge on any atom is 0.141 e. The number of fused-ring (bicyclic) bond motifs is 1. The lowest BCUT2D eigenvalue weighted by molar-refractivity contribution is 0.300. The zero-order valence-electron chi connectivity index (χ0n) is 16.1. The average molecular weight is 356 g/mol. The summed E-state index contributed by atoms with van der Waals surface area (Å²) in [5.74, 6) is 1.90. The number of hydrogen-bond acceptors (Lipinski definition) is 2.